The molecule has 4 aliphatic rings. The number of benzene rings is 3. The minimum absolute atomic E-state index is 0.00487. The summed E-state index contributed by atoms with van der Waals surface area (Å²) in [5.41, 5.74) is -1.77. The molecule has 2 fully saturated rings. The SMILES string of the molecule is COc1cccc2c1C(=O)c1c(O)c3c(c(O)c1C2=O)C[C@@](O)(/C(CO)=N/NC(=O)CCCC(=O)On1nnc2ccccc21)C[C@@H]3O[C@H]1C[C@H](NC(=O)ON2C(=O)CCC2=O)[C@H](O)[C@H](C)O1. The number of carbonyl (C=O) groups is 7. The predicted molar refractivity (Wildman–Crippen MR) is 222 cm³/mol. The highest BCUT2D eigenvalue weighted by molar-refractivity contribution is 6.31. The molecule has 7 N–H and O–H groups in total. The van der Waals surface area contributed by atoms with Crippen LogP contribution in [-0.4, -0.2) is 137 Å². The van der Waals surface area contributed by atoms with E-state index < -0.39 is 125 Å². The van der Waals surface area contributed by atoms with Gasteiger partial charge in [0.25, 0.3) is 11.8 Å². The molecule has 4 amide bonds. The van der Waals surface area contributed by atoms with Crippen molar-refractivity contribution < 1.29 is 83.0 Å². The van der Waals surface area contributed by atoms with Gasteiger partial charge in [0.2, 0.25) is 11.7 Å². The number of imide groups is 1. The number of nitrogens with zero attached hydrogens (tertiary/aromatic N) is 5. The molecule has 0 unspecified atom stereocenters. The van der Waals surface area contributed by atoms with Crippen molar-refractivity contribution >= 4 is 58.1 Å². The van der Waals surface area contributed by atoms with Crippen LogP contribution in [0.25, 0.3) is 11.0 Å². The van der Waals surface area contributed by atoms with E-state index in [2.05, 4.69) is 26.2 Å². The van der Waals surface area contributed by atoms with E-state index in [0.29, 0.717) is 16.1 Å². The van der Waals surface area contributed by atoms with Crippen LogP contribution in [0.3, 0.4) is 0 Å². The average molecular weight is 930 g/mol. The van der Waals surface area contributed by atoms with Crippen LogP contribution < -0.4 is 20.3 Å². The Kier molecular flexibility index (Phi) is 12.7. The molecule has 24 nitrogen and oxygen atoms in total. The molecular weight excluding hydrogens is 887 g/mol. The third-order valence-electron chi connectivity index (χ3n) is 11.9. The molecule has 0 spiro atoms. The lowest BCUT2D eigenvalue weighted by Crippen LogP contribution is -2.56. The van der Waals surface area contributed by atoms with E-state index in [4.69, 9.17) is 23.9 Å². The predicted octanol–water partition coefficient (Wildman–Crippen LogP) is 0.306. The van der Waals surface area contributed by atoms with Gasteiger partial charge < -0.3 is 54.7 Å². The number of rotatable bonds is 13. The fourth-order valence-corrected chi connectivity index (χ4v) is 8.56. The summed E-state index contributed by atoms with van der Waals surface area (Å²) < 4.78 is 17.6. The van der Waals surface area contributed by atoms with Gasteiger partial charge in [0, 0.05) is 61.6 Å². The van der Waals surface area contributed by atoms with E-state index in [1.165, 1.54) is 32.2 Å². The van der Waals surface area contributed by atoms with Gasteiger partial charge in [-0.1, -0.05) is 29.1 Å². The second-order valence-electron chi connectivity index (χ2n) is 16.1. The molecule has 8 rings (SSSR count). The molecule has 3 aromatic carbocycles. The van der Waals surface area contributed by atoms with Gasteiger partial charge in [0.05, 0.1) is 54.4 Å². The van der Waals surface area contributed by atoms with Crippen molar-refractivity contribution in [3.05, 3.63) is 75.8 Å². The van der Waals surface area contributed by atoms with E-state index in [-0.39, 0.29) is 66.5 Å². The van der Waals surface area contributed by atoms with Crippen LogP contribution in [0.4, 0.5) is 4.79 Å². The van der Waals surface area contributed by atoms with Crippen LogP contribution in [0, 0.1) is 0 Å². The quantitative estimate of drug-likeness (QED) is 0.0275. The summed E-state index contributed by atoms with van der Waals surface area (Å²) in [4.78, 5) is 102. The molecule has 3 heterocycles. The fraction of sp³-hybridized carbons (Fsp3) is 0.395. The molecule has 352 valence electrons. The maximum Gasteiger partial charge on any atom is 0.432 e. The Balaban J connectivity index is 1.06. The van der Waals surface area contributed by atoms with E-state index in [9.17, 15) is 59.1 Å². The number of amides is 4. The van der Waals surface area contributed by atoms with Crippen molar-refractivity contribution in [1.29, 1.82) is 0 Å². The van der Waals surface area contributed by atoms with Gasteiger partial charge in [0.15, 0.2) is 12.1 Å². The Morgan fingerprint density at radius 1 is 0.955 bits per heavy atom. The highest BCUT2D eigenvalue weighted by Gasteiger charge is 2.50. The van der Waals surface area contributed by atoms with Crippen LogP contribution >= 0.6 is 0 Å². The van der Waals surface area contributed by atoms with Gasteiger partial charge in [-0.15, -0.1) is 10.2 Å². The molecular formula is C43H43N7O17. The Morgan fingerprint density at radius 3 is 2.42 bits per heavy atom. The second kappa shape index (κ2) is 18.5. The summed E-state index contributed by atoms with van der Waals surface area (Å²) >= 11 is 0. The summed E-state index contributed by atoms with van der Waals surface area (Å²) in [5, 5.41) is 72.3. The van der Waals surface area contributed by atoms with E-state index in [1.54, 1.807) is 24.3 Å². The number of hydrogen-bond donors (Lipinski definition) is 7. The van der Waals surface area contributed by atoms with Gasteiger partial charge in [-0.2, -0.15) is 5.10 Å². The minimum atomic E-state index is -2.35. The Morgan fingerprint density at radius 2 is 1.69 bits per heavy atom. The number of ketones is 2. The summed E-state index contributed by atoms with van der Waals surface area (Å²) in [6.07, 6.45) is -9.34. The number of fused-ring (bicyclic) bond motifs is 4. The van der Waals surface area contributed by atoms with Crippen molar-refractivity contribution in [3.63, 3.8) is 0 Å². The second-order valence-corrected chi connectivity index (χ2v) is 16.1. The van der Waals surface area contributed by atoms with E-state index >= 15 is 0 Å². The first-order chi connectivity index (χ1) is 32.0. The summed E-state index contributed by atoms with van der Waals surface area (Å²) in [5.74, 6) is -6.35. The zero-order valence-corrected chi connectivity index (χ0v) is 35.7. The first-order valence-corrected chi connectivity index (χ1v) is 20.9. The number of hydroxylamine groups is 2. The fourth-order valence-electron chi connectivity index (χ4n) is 8.56. The van der Waals surface area contributed by atoms with Gasteiger partial charge in [-0.25, -0.2) is 15.0 Å². The number of aliphatic hydroxyl groups is 3. The highest BCUT2D eigenvalue weighted by Crippen LogP contribution is 2.52. The molecule has 6 atom stereocenters. The van der Waals surface area contributed by atoms with Crippen LogP contribution in [-0.2, 0) is 39.9 Å². The minimum Gasteiger partial charge on any atom is -0.507 e. The Hall–Kier alpha value is -7.38. The van der Waals surface area contributed by atoms with Crippen LogP contribution in [0.15, 0.2) is 47.6 Å². The van der Waals surface area contributed by atoms with Gasteiger partial charge in [-0.05, 0) is 36.8 Å². The van der Waals surface area contributed by atoms with E-state index in [1.807, 2.05) is 0 Å². The Bertz CT molecular complexity index is 2740. The van der Waals surface area contributed by atoms with E-state index in [0.717, 1.165) is 4.85 Å². The summed E-state index contributed by atoms with van der Waals surface area (Å²) in [7, 11) is 1.27. The molecule has 24 heteroatoms. The normalized spacial score (nSPS) is 23.6. The molecule has 2 saturated heterocycles. The van der Waals surface area contributed by atoms with Crippen molar-refractivity contribution in [2.24, 2.45) is 5.10 Å². The first kappa shape index (κ1) is 46.2. The standard InChI is InChI=1S/C43H43N7O17/c1-19-37(56)23(44-42(61)67-49-29(53)13-14-30(49)54)15-32(64-19)65-26-17-43(62,27(18-51)46-47-28(52)11-6-12-31(55)66-50-24-9-4-3-8-22(24)45-48-50)16-21-34(26)41(60)36-35(39(21)58)38(57)20-7-5-10-25(63-2)33(20)40(36)59/h3-5,7-10,19,23,26,32,37,51,56,58,60,62H,6,11-18H2,1-2H3,(H,44,61)(H,47,52)/b46-27+/t19-,23-,26-,32-,37+,43-/m0/s1. The summed E-state index contributed by atoms with van der Waals surface area (Å²) in [6.45, 7) is 0.424. The number of nitrogens with one attached hydrogen (secondary N) is 2. The number of phenolic OH excluding ortho intramolecular Hbond substituents is 2. The van der Waals surface area contributed by atoms with Gasteiger partial charge in [0.1, 0.15) is 40.0 Å². The third kappa shape index (κ3) is 8.74. The number of hydrazone groups is 1. The molecule has 0 bridgehead atoms. The topological polar surface area (TPSA) is 337 Å². The first-order valence-electron chi connectivity index (χ1n) is 20.9. The highest BCUT2D eigenvalue weighted by atomic mass is 16.7. The van der Waals surface area contributed by atoms with Crippen molar-refractivity contribution in [2.45, 2.75) is 94.5 Å². The zero-order chi connectivity index (χ0) is 47.9. The van der Waals surface area contributed by atoms with Crippen molar-refractivity contribution in [3.8, 4) is 17.2 Å². The number of hydrogen-bond acceptors (Lipinski definition) is 20. The number of phenols is 2. The third-order valence-corrected chi connectivity index (χ3v) is 11.9. The smallest absolute Gasteiger partial charge is 0.432 e. The number of carbonyl (C=O) groups excluding carboxylic acids is 7. The van der Waals surface area contributed by atoms with Crippen molar-refractivity contribution in [1.82, 2.24) is 31.0 Å². The molecule has 0 saturated carbocycles. The molecule has 0 radical (unpaired) electrons. The maximum atomic E-state index is 14.2. The number of aromatic nitrogens is 3. The lowest BCUT2D eigenvalue weighted by atomic mass is 9.71. The molecule has 67 heavy (non-hydrogen) atoms. The van der Waals surface area contributed by atoms with Crippen molar-refractivity contribution in [2.75, 3.05) is 13.7 Å². The van der Waals surface area contributed by atoms with Crippen LogP contribution in [0.2, 0.25) is 0 Å². The largest absolute Gasteiger partial charge is 0.507 e. The van der Waals surface area contributed by atoms with Crippen LogP contribution in [0.1, 0.15) is 101 Å². The molecule has 1 aromatic heterocycles. The number of aliphatic hydroxyl groups excluding tert-OH is 2. The molecule has 2 aliphatic carbocycles. The maximum absolute atomic E-state index is 14.2. The monoisotopic (exact) mass is 929 g/mol. The molecule has 4 aromatic rings. The molecule has 2 aliphatic heterocycles. The average Bonchev–Trinajstić information content (AvgIpc) is 3.85. The number of para-hydroxylation sites is 1. The summed E-state index contributed by atoms with van der Waals surface area (Å²) in [6, 6.07) is 9.75. The van der Waals surface area contributed by atoms with Gasteiger partial charge >= 0.3 is 12.1 Å². The van der Waals surface area contributed by atoms with Gasteiger partial charge in [-0.3, -0.25) is 24.0 Å². The number of aromatic hydroxyl groups is 2. The van der Waals surface area contributed by atoms with Crippen LogP contribution in [0.5, 0.6) is 17.2 Å². The number of ether oxygens (including phenoxy) is 3. The zero-order valence-electron chi connectivity index (χ0n) is 35.7. The number of methoxy groups -OCH3 is 1. The lowest BCUT2D eigenvalue weighted by Gasteiger charge is -2.43. The Labute approximate surface area is 377 Å². The lowest BCUT2D eigenvalue weighted by molar-refractivity contribution is -0.248.